The molecule has 31 heavy (non-hydrogen) atoms. The summed E-state index contributed by atoms with van der Waals surface area (Å²) in [5, 5.41) is 59.6. The number of allylic oxidation sites excluding steroid dienone is 3. The molecule has 2 aliphatic rings. The molecule has 180 valence electrons. The summed E-state index contributed by atoms with van der Waals surface area (Å²) in [6.07, 6.45) is -6.36. The monoisotopic (exact) mass is 448 g/mol. The summed E-state index contributed by atoms with van der Waals surface area (Å²) in [5.74, 6) is 0. The Morgan fingerprint density at radius 1 is 0.839 bits per heavy atom. The molecular formula is C21H36O10. The van der Waals surface area contributed by atoms with Gasteiger partial charge in [0, 0.05) is 0 Å². The molecule has 0 aromatic heterocycles. The third-order valence-electron chi connectivity index (χ3n) is 5.33. The largest absolute Gasteiger partial charge is 0.388 e. The standard InChI is InChI=1S/C21H36O10/c1-11(2)5-4-6-12(3)7-8-28-21-19(27)17(25)16(24)14(31-21)10-30-20-18(26)15(23)13(22)9-29-20/h5,7,13-27H,4,6,8-10H2,1-3H3/t13-,14+,15-,16+,17-,18+,19+,20-,21+/m0/s1. The third kappa shape index (κ3) is 7.57. The fourth-order valence-electron chi connectivity index (χ4n) is 3.28. The summed E-state index contributed by atoms with van der Waals surface area (Å²) in [6, 6.07) is 0. The number of hydrogen-bond donors (Lipinski definition) is 6. The molecule has 2 heterocycles. The molecule has 0 aromatic carbocycles. The molecule has 2 rings (SSSR count). The molecule has 0 bridgehead atoms. The zero-order valence-electron chi connectivity index (χ0n) is 18.2. The van der Waals surface area contributed by atoms with Crippen LogP contribution in [0.25, 0.3) is 0 Å². The fraction of sp³-hybridized carbons (Fsp3) is 0.810. The fourth-order valence-corrected chi connectivity index (χ4v) is 3.28. The smallest absolute Gasteiger partial charge is 0.187 e. The molecule has 10 heteroatoms. The van der Waals surface area contributed by atoms with Crippen LogP contribution in [-0.4, -0.2) is 106 Å². The number of hydrogen-bond acceptors (Lipinski definition) is 10. The van der Waals surface area contributed by atoms with E-state index in [-0.39, 0.29) is 19.8 Å². The summed E-state index contributed by atoms with van der Waals surface area (Å²) in [5.41, 5.74) is 2.35. The second-order valence-electron chi connectivity index (χ2n) is 8.30. The van der Waals surface area contributed by atoms with E-state index < -0.39 is 55.3 Å². The van der Waals surface area contributed by atoms with Crippen molar-refractivity contribution in [2.24, 2.45) is 0 Å². The molecule has 0 saturated carbocycles. The Kier molecular flexibility index (Phi) is 10.5. The van der Waals surface area contributed by atoms with Crippen molar-refractivity contribution in [2.45, 2.75) is 88.9 Å². The second kappa shape index (κ2) is 12.4. The van der Waals surface area contributed by atoms with Crippen LogP contribution in [-0.2, 0) is 18.9 Å². The molecule has 0 amide bonds. The van der Waals surface area contributed by atoms with Crippen molar-refractivity contribution < 1.29 is 49.6 Å². The Bertz CT molecular complexity index is 605. The summed E-state index contributed by atoms with van der Waals surface area (Å²) in [4.78, 5) is 0. The molecule has 0 radical (unpaired) electrons. The zero-order chi connectivity index (χ0) is 23.1. The topological polar surface area (TPSA) is 158 Å². The molecule has 2 aliphatic heterocycles. The van der Waals surface area contributed by atoms with Gasteiger partial charge in [0.15, 0.2) is 12.6 Å². The molecular weight excluding hydrogens is 412 g/mol. The summed E-state index contributed by atoms with van der Waals surface area (Å²) in [6.45, 7) is 5.65. The molecule has 0 aliphatic carbocycles. The summed E-state index contributed by atoms with van der Waals surface area (Å²) < 4.78 is 21.6. The Labute approximate surface area is 182 Å². The van der Waals surface area contributed by atoms with Crippen LogP contribution >= 0.6 is 0 Å². The molecule has 2 fully saturated rings. The number of ether oxygens (including phenoxy) is 4. The highest BCUT2D eigenvalue weighted by atomic mass is 16.7. The first-order valence-corrected chi connectivity index (χ1v) is 10.5. The van der Waals surface area contributed by atoms with Crippen LogP contribution in [0, 0.1) is 0 Å². The highest BCUT2D eigenvalue weighted by Gasteiger charge is 2.45. The van der Waals surface area contributed by atoms with E-state index in [0.29, 0.717) is 0 Å². The van der Waals surface area contributed by atoms with Crippen molar-refractivity contribution in [1.29, 1.82) is 0 Å². The maximum atomic E-state index is 10.2. The highest BCUT2D eigenvalue weighted by molar-refractivity contribution is 5.02. The first-order valence-electron chi connectivity index (χ1n) is 10.5. The van der Waals surface area contributed by atoms with E-state index in [1.807, 2.05) is 26.8 Å². The quantitative estimate of drug-likeness (QED) is 0.241. The molecule has 0 spiro atoms. The van der Waals surface area contributed by atoms with Gasteiger partial charge in [-0.25, -0.2) is 0 Å². The van der Waals surface area contributed by atoms with Crippen molar-refractivity contribution in [3.05, 3.63) is 23.3 Å². The average molecular weight is 449 g/mol. The van der Waals surface area contributed by atoms with Crippen LogP contribution in [0.4, 0.5) is 0 Å². The number of aliphatic hydroxyl groups excluding tert-OH is 6. The minimum Gasteiger partial charge on any atom is -0.388 e. The van der Waals surface area contributed by atoms with Crippen LogP contribution in [0.2, 0.25) is 0 Å². The van der Waals surface area contributed by atoms with Crippen LogP contribution in [0.3, 0.4) is 0 Å². The van der Waals surface area contributed by atoms with Gasteiger partial charge in [-0.15, -0.1) is 0 Å². The Morgan fingerprint density at radius 3 is 2.19 bits per heavy atom. The van der Waals surface area contributed by atoms with E-state index in [2.05, 4.69) is 6.08 Å². The van der Waals surface area contributed by atoms with Crippen molar-refractivity contribution in [2.75, 3.05) is 19.8 Å². The van der Waals surface area contributed by atoms with E-state index in [4.69, 9.17) is 18.9 Å². The van der Waals surface area contributed by atoms with E-state index >= 15 is 0 Å². The third-order valence-corrected chi connectivity index (χ3v) is 5.33. The number of rotatable bonds is 9. The van der Waals surface area contributed by atoms with Gasteiger partial charge in [-0.05, 0) is 33.6 Å². The SMILES string of the molecule is CC(C)=CCCC(C)=CCO[C@@H]1O[C@H](CO[C@@H]2OC[C@H](O)[C@H](O)[C@H]2O)[C@@H](O)[C@H](O)[C@H]1O. The zero-order valence-corrected chi connectivity index (χ0v) is 18.2. The summed E-state index contributed by atoms with van der Waals surface area (Å²) >= 11 is 0. The predicted octanol–water partition coefficient (Wildman–Crippen LogP) is -1.04. The van der Waals surface area contributed by atoms with Crippen LogP contribution in [0.1, 0.15) is 33.6 Å². The predicted molar refractivity (Wildman–Crippen MR) is 109 cm³/mol. The van der Waals surface area contributed by atoms with Gasteiger partial charge in [0.05, 0.1) is 19.8 Å². The Morgan fingerprint density at radius 2 is 1.52 bits per heavy atom. The van der Waals surface area contributed by atoms with Gasteiger partial charge < -0.3 is 49.6 Å². The first-order chi connectivity index (χ1) is 14.6. The molecule has 6 N–H and O–H groups in total. The van der Waals surface area contributed by atoms with Crippen LogP contribution in [0.5, 0.6) is 0 Å². The normalized spacial score (nSPS) is 39.4. The van der Waals surface area contributed by atoms with Crippen molar-refractivity contribution in [1.82, 2.24) is 0 Å². The van der Waals surface area contributed by atoms with E-state index in [0.717, 1.165) is 18.4 Å². The van der Waals surface area contributed by atoms with Gasteiger partial charge >= 0.3 is 0 Å². The van der Waals surface area contributed by atoms with Crippen LogP contribution < -0.4 is 0 Å². The lowest BCUT2D eigenvalue weighted by atomic mass is 9.99. The second-order valence-corrected chi connectivity index (χ2v) is 8.30. The molecule has 2 saturated heterocycles. The van der Waals surface area contributed by atoms with E-state index in [1.165, 1.54) is 5.57 Å². The Balaban J connectivity index is 1.86. The van der Waals surface area contributed by atoms with Gasteiger partial charge in [0.1, 0.15) is 42.7 Å². The Hall–Kier alpha value is -0.920. The summed E-state index contributed by atoms with van der Waals surface area (Å²) in [7, 11) is 0. The lowest BCUT2D eigenvalue weighted by Gasteiger charge is -2.41. The van der Waals surface area contributed by atoms with E-state index in [9.17, 15) is 30.6 Å². The molecule has 0 unspecified atom stereocenters. The molecule has 0 aromatic rings. The average Bonchev–Trinajstić information content (AvgIpc) is 2.72. The van der Waals surface area contributed by atoms with Crippen LogP contribution in [0.15, 0.2) is 23.3 Å². The maximum absolute atomic E-state index is 10.2. The number of aliphatic hydroxyl groups is 6. The molecule has 10 nitrogen and oxygen atoms in total. The molecule has 9 atom stereocenters. The van der Waals surface area contributed by atoms with Gasteiger partial charge in [0.25, 0.3) is 0 Å². The maximum Gasteiger partial charge on any atom is 0.187 e. The highest BCUT2D eigenvalue weighted by Crippen LogP contribution is 2.24. The van der Waals surface area contributed by atoms with Gasteiger partial charge in [-0.2, -0.15) is 0 Å². The minimum atomic E-state index is -1.53. The lowest BCUT2D eigenvalue weighted by Crippen LogP contribution is -2.60. The van der Waals surface area contributed by atoms with Gasteiger partial charge in [0.2, 0.25) is 0 Å². The van der Waals surface area contributed by atoms with Gasteiger partial charge in [-0.1, -0.05) is 23.3 Å². The van der Waals surface area contributed by atoms with Crippen molar-refractivity contribution in [3.63, 3.8) is 0 Å². The first kappa shape index (κ1) is 26.3. The minimum absolute atomic E-state index is 0.146. The van der Waals surface area contributed by atoms with Crippen molar-refractivity contribution in [3.8, 4) is 0 Å². The van der Waals surface area contributed by atoms with E-state index in [1.54, 1.807) is 0 Å². The van der Waals surface area contributed by atoms with Gasteiger partial charge in [-0.3, -0.25) is 0 Å². The van der Waals surface area contributed by atoms with Crippen molar-refractivity contribution >= 4 is 0 Å². The lowest BCUT2D eigenvalue weighted by molar-refractivity contribution is -0.319.